The molecule has 2 aliphatic rings. The predicted octanol–water partition coefficient (Wildman–Crippen LogP) is 0.794. The molecule has 130 valence electrons. The molecule has 2 amide bonds. The van der Waals surface area contributed by atoms with Crippen LogP contribution in [-0.4, -0.2) is 62.8 Å². The van der Waals surface area contributed by atoms with Crippen LogP contribution in [-0.2, 0) is 4.74 Å². The molecule has 1 aromatic heterocycles. The second-order valence-corrected chi connectivity index (χ2v) is 7.04. The average Bonchev–Trinajstić information content (AvgIpc) is 3.13. The molecule has 0 radical (unpaired) electrons. The number of hydrogen-bond acceptors (Lipinski definition) is 7. The molecule has 2 fully saturated rings. The molecule has 24 heavy (non-hydrogen) atoms. The smallest absolute Gasteiger partial charge is 0.410 e. The molecule has 2 N–H and O–H groups in total. The molecule has 3 heterocycles. The van der Waals surface area contributed by atoms with Gasteiger partial charge >= 0.3 is 6.09 Å². The minimum absolute atomic E-state index is 0.0777. The number of ether oxygens (including phenoxy) is 1. The maximum absolute atomic E-state index is 12.2. The maximum Gasteiger partial charge on any atom is 0.410 e. The standard InChI is InChI=1S/C15H21N5O4/c1-15(2,3)24-14(22)20-8-10-4-11(20)7-19(10)13-16-5-9(6-17-13)12(21)18-23/h5-6,10-11,23H,4,7-8H2,1-3H3,(H,18,21)/t10-,11-/m1/s1. The fourth-order valence-electron chi connectivity index (χ4n) is 3.11. The van der Waals surface area contributed by atoms with E-state index < -0.39 is 11.5 Å². The summed E-state index contributed by atoms with van der Waals surface area (Å²) in [7, 11) is 0. The number of carbonyl (C=O) groups excluding carboxylic acids is 2. The van der Waals surface area contributed by atoms with Crippen LogP contribution in [0.2, 0.25) is 0 Å². The summed E-state index contributed by atoms with van der Waals surface area (Å²) in [6, 6.07) is 0.217. The number of piperazine rings is 1. The predicted molar refractivity (Wildman–Crippen MR) is 83.8 cm³/mol. The summed E-state index contributed by atoms with van der Waals surface area (Å²) in [4.78, 5) is 35.7. The molecule has 2 aliphatic heterocycles. The Morgan fingerprint density at radius 2 is 1.92 bits per heavy atom. The topological polar surface area (TPSA) is 108 Å². The quantitative estimate of drug-likeness (QED) is 0.608. The molecule has 9 heteroatoms. The zero-order valence-electron chi connectivity index (χ0n) is 13.9. The normalized spacial score (nSPS) is 22.7. The van der Waals surface area contributed by atoms with Crippen LogP contribution < -0.4 is 10.4 Å². The summed E-state index contributed by atoms with van der Waals surface area (Å²) in [5, 5.41) is 8.60. The zero-order valence-corrected chi connectivity index (χ0v) is 13.9. The van der Waals surface area contributed by atoms with Crippen LogP contribution in [0, 0.1) is 0 Å². The number of amides is 2. The number of rotatable bonds is 2. The molecular formula is C15H21N5O4. The van der Waals surface area contributed by atoms with Crippen LogP contribution in [0.15, 0.2) is 12.4 Å². The Labute approximate surface area is 139 Å². The van der Waals surface area contributed by atoms with Crippen LogP contribution in [0.1, 0.15) is 37.6 Å². The third-order valence-corrected chi connectivity index (χ3v) is 4.13. The van der Waals surface area contributed by atoms with E-state index in [4.69, 9.17) is 9.94 Å². The summed E-state index contributed by atoms with van der Waals surface area (Å²) in [6.45, 7) is 6.76. The van der Waals surface area contributed by atoms with Crippen LogP contribution in [0.5, 0.6) is 0 Å². The van der Waals surface area contributed by atoms with Gasteiger partial charge in [0.2, 0.25) is 5.95 Å². The first-order valence-corrected chi connectivity index (χ1v) is 7.81. The first-order valence-electron chi connectivity index (χ1n) is 7.81. The number of nitrogens with zero attached hydrogens (tertiary/aromatic N) is 4. The van der Waals surface area contributed by atoms with Gasteiger partial charge in [0.1, 0.15) is 5.60 Å². The molecule has 1 aromatic rings. The molecule has 2 bridgehead atoms. The third-order valence-electron chi connectivity index (χ3n) is 4.13. The Hall–Kier alpha value is -2.42. The van der Waals surface area contributed by atoms with E-state index >= 15 is 0 Å². The molecule has 0 saturated carbocycles. The van der Waals surface area contributed by atoms with Gasteiger partial charge in [0.15, 0.2) is 0 Å². The summed E-state index contributed by atoms with van der Waals surface area (Å²) in [5.41, 5.74) is 1.22. The Bertz CT molecular complexity index is 642. The summed E-state index contributed by atoms with van der Waals surface area (Å²) >= 11 is 0. The molecular weight excluding hydrogens is 314 g/mol. The van der Waals surface area contributed by atoms with Crippen molar-refractivity contribution in [3.05, 3.63) is 18.0 Å². The third kappa shape index (κ3) is 3.12. The Morgan fingerprint density at radius 1 is 1.25 bits per heavy atom. The average molecular weight is 335 g/mol. The summed E-state index contributed by atoms with van der Waals surface area (Å²) in [5.74, 6) is -0.138. The first kappa shape index (κ1) is 16.4. The molecule has 0 aromatic carbocycles. The highest BCUT2D eigenvalue weighted by Gasteiger charge is 2.47. The second kappa shape index (κ2) is 5.90. The van der Waals surface area contributed by atoms with E-state index in [0.717, 1.165) is 6.42 Å². The second-order valence-electron chi connectivity index (χ2n) is 7.04. The number of nitrogens with one attached hydrogen (secondary N) is 1. The fourth-order valence-corrected chi connectivity index (χ4v) is 3.11. The van der Waals surface area contributed by atoms with Crippen molar-refractivity contribution < 1.29 is 19.5 Å². The van der Waals surface area contributed by atoms with Gasteiger partial charge in [0.25, 0.3) is 5.91 Å². The monoisotopic (exact) mass is 335 g/mol. The van der Waals surface area contributed by atoms with E-state index in [1.807, 2.05) is 25.7 Å². The van der Waals surface area contributed by atoms with E-state index in [2.05, 4.69) is 9.97 Å². The van der Waals surface area contributed by atoms with Crippen LogP contribution in [0.4, 0.5) is 10.7 Å². The van der Waals surface area contributed by atoms with Crippen molar-refractivity contribution in [1.82, 2.24) is 20.3 Å². The first-order chi connectivity index (χ1) is 11.3. The molecule has 0 spiro atoms. The number of aromatic nitrogens is 2. The van der Waals surface area contributed by atoms with E-state index in [-0.39, 0.29) is 23.7 Å². The lowest BCUT2D eigenvalue weighted by atomic mass is 10.2. The zero-order chi connectivity index (χ0) is 17.5. The Morgan fingerprint density at radius 3 is 2.42 bits per heavy atom. The van der Waals surface area contributed by atoms with Gasteiger partial charge in [-0.25, -0.2) is 20.2 Å². The van der Waals surface area contributed by atoms with Gasteiger partial charge in [0, 0.05) is 25.5 Å². The van der Waals surface area contributed by atoms with Gasteiger partial charge in [-0.2, -0.15) is 0 Å². The van der Waals surface area contributed by atoms with Gasteiger partial charge in [-0.1, -0.05) is 0 Å². The van der Waals surface area contributed by atoms with Crippen molar-refractivity contribution in [3.63, 3.8) is 0 Å². The summed E-state index contributed by atoms with van der Waals surface area (Å²) < 4.78 is 5.44. The van der Waals surface area contributed by atoms with Crippen molar-refractivity contribution in [2.75, 3.05) is 18.0 Å². The molecule has 9 nitrogen and oxygen atoms in total. The van der Waals surface area contributed by atoms with E-state index in [0.29, 0.717) is 19.0 Å². The van der Waals surface area contributed by atoms with Crippen LogP contribution >= 0.6 is 0 Å². The number of hydroxylamine groups is 1. The molecule has 3 rings (SSSR count). The maximum atomic E-state index is 12.2. The van der Waals surface area contributed by atoms with Gasteiger partial charge in [-0.3, -0.25) is 10.0 Å². The van der Waals surface area contributed by atoms with E-state index in [1.165, 1.54) is 12.4 Å². The van der Waals surface area contributed by atoms with Gasteiger partial charge in [-0.05, 0) is 27.2 Å². The molecule has 0 unspecified atom stereocenters. The number of fused-ring (bicyclic) bond motifs is 2. The molecule has 0 aliphatic carbocycles. The number of anilines is 1. The number of likely N-dealkylation sites (tertiary alicyclic amines) is 1. The van der Waals surface area contributed by atoms with Crippen molar-refractivity contribution >= 4 is 17.9 Å². The SMILES string of the molecule is CC(C)(C)OC(=O)N1C[C@H]2C[C@@H]1CN2c1ncc(C(=O)NO)cn1. The number of carbonyl (C=O) groups is 2. The fraction of sp³-hybridized carbons (Fsp3) is 0.600. The highest BCUT2D eigenvalue weighted by Crippen LogP contribution is 2.33. The van der Waals surface area contributed by atoms with Gasteiger partial charge in [-0.15, -0.1) is 0 Å². The lowest BCUT2D eigenvalue weighted by molar-refractivity contribution is 0.0214. The highest BCUT2D eigenvalue weighted by molar-refractivity contribution is 5.92. The highest BCUT2D eigenvalue weighted by atomic mass is 16.6. The molecule has 2 saturated heterocycles. The van der Waals surface area contributed by atoms with E-state index in [9.17, 15) is 9.59 Å². The molecule has 2 atom stereocenters. The largest absolute Gasteiger partial charge is 0.444 e. The lowest BCUT2D eigenvalue weighted by Gasteiger charge is -2.35. The number of hydrogen-bond donors (Lipinski definition) is 2. The van der Waals surface area contributed by atoms with Gasteiger partial charge in [0.05, 0.1) is 17.6 Å². The summed E-state index contributed by atoms with van der Waals surface area (Å²) in [6.07, 6.45) is 3.30. The van der Waals surface area contributed by atoms with Crippen molar-refractivity contribution in [3.8, 4) is 0 Å². The minimum atomic E-state index is -0.652. The minimum Gasteiger partial charge on any atom is -0.444 e. The van der Waals surface area contributed by atoms with Crippen molar-refractivity contribution in [1.29, 1.82) is 0 Å². The van der Waals surface area contributed by atoms with Crippen LogP contribution in [0.3, 0.4) is 0 Å². The van der Waals surface area contributed by atoms with Crippen molar-refractivity contribution in [2.24, 2.45) is 0 Å². The lowest BCUT2D eigenvalue weighted by Crippen LogP contribution is -2.50. The van der Waals surface area contributed by atoms with Gasteiger partial charge < -0.3 is 14.5 Å². The van der Waals surface area contributed by atoms with Crippen molar-refractivity contribution in [2.45, 2.75) is 44.9 Å². The van der Waals surface area contributed by atoms with E-state index in [1.54, 1.807) is 10.4 Å². The van der Waals surface area contributed by atoms with Crippen LogP contribution in [0.25, 0.3) is 0 Å². The Balaban J connectivity index is 1.65. The Kier molecular flexibility index (Phi) is 4.04.